The van der Waals surface area contributed by atoms with Gasteiger partial charge in [-0.15, -0.1) is 0 Å². The molecule has 2 amide bonds. The Morgan fingerprint density at radius 2 is 1.88 bits per heavy atom. The summed E-state index contributed by atoms with van der Waals surface area (Å²) in [5.41, 5.74) is 7.90. The first-order valence-corrected chi connectivity index (χ1v) is 8.01. The van der Waals surface area contributed by atoms with Crippen LogP contribution in [0, 0.1) is 11.3 Å². The summed E-state index contributed by atoms with van der Waals surface area (Å²) in [5, 5.41) is 12.3. The Morgan fingerprint density at radius 1 is 1.15 bits per heavy atom. The number of aromatic nitrogens is 1. The summed E-state index contributed by atoms with van der Waals surface area (Å²) in [7, 11) is 0. The monoisotopic (exact) mass is 344 g/mol. The first-order valence-electron chi connectivity index (χ1n) is 8.01. The number of benzene rings is 2. The zero-order chi connectivity index (χ0) is 18.5. The summed E-state index contributed by atoms with van der Waals surface area (Å²) >= 11 is 0. The molecule has 2 aromatic carbocycles. The molecule has 0 aliphatic heterocycles. The third-order valence-corrected chi connectivity index (χ3v) is 4.02. The minimum Gasteiger partial charge on any atom is -0.368 e. The number of hydrogen-bond donors (Lipinski definition) is 2. The molecule has 128 valence electrons. The van der Waals surface area contributed by atoms with Gasteiger partial charge in [0.1, 0.15) is 6.04 Å². The topological polar surface area (TPSA) is 109 Å². The van der Waals surface area contributed by atoms with E-state index in [0.717, 1.165) is 16.5 Å². The molecule has 0 saturated heterocycles. The second kappa shape index (κ2) is 7.45. The number of fused-ring (bicyclic) bond motifs is 1. The highest BCUT2D eigenvalue weighted by molar-refractivity contribution is 5.99. The highest BCUT2D eigenvalue weighted by Gasteiger charge is 2.20. The van der Waals surface area contributed by atoms with Gasteiger partial charge in [-0.2, -0.15) is 5.26 Å². The van der Waals surface area contributed by atoms with Crippen LogP contribution in [0.25, 0.3) is 10.9 Å². The third-order valence-electron chi connectivity index (χ3n) is 4.02. The standard InChI is InChI=1S/C20H16N4O2/c21-11-14-7-5-13(6-8-14)9-18(19(22)25)24-20(26)16-10-15-3-1-2-4-17(15)23-12-16/h1-8,10,12,18H,9H2,(H2,22,25)(H,24,26)/t18-/m1/s1. The van der Waals surface area contributed by atoms with Crippen molar-refractivity contribution in [1.29, 1.82) is 5.26 Å². The van der Waals surface area contributed by atoms with E-state index in [2.05, 4.69) is 10.3 Å². The lowest BCUT2D eigenvalue weighted by Crippen LogP contribution is -2.45. The second-order valence-corrected chi connectivity index (χ2v) is 5.86. The smallest absolute Gasteiger partial charge is 0.253 e. The lowest BCUT2D eigenvalue weighted by Gasteiger charge is -2.16. The van der Waals surface area contributed by atoms with Crippen molar-refractivity contribution >= 4 is 22.7 Å². The van der Waals surface area contributed by atoms with Gasteiger partial charge in [0.15, 0.2) is 0 Å². The summed E-state index contributed by atoms with van der Waals surface area (Å²) in [6.07, 6.45) is 1.71. The van der Waals surface area contributed by atoms with Gasteiger partial charge in [-0.1, -0.05) is 30.3 Å². The molecule has 0 bridgehead atoms. The van der Waals surface area contributed by atoms with E-state index in [-0.39, 0.29) is 6.42 Å². The Hall–Kier alpha value is -3.72. The number of primary amides is 1. The van der Waals surface area contributed by atoms with Gasteiger partial charge in [0, 0.05) is 18.0 Å². The fourth-order valence-corrected chi connectivity index (χ4v) is 2.61. The van der Waals surface area contributed by atoms with Crippen molar-refractivity contribution in [3.05, 3.63) is 77.5 Å². The summed E-state index contributed by atoms with van der Waals surface area (Å²) in [6, 6.07) is 17.1. The summed E-state index contributed by atoms with van der Waals surface area (Å²) in [5.74, 6) is -1.04. The number of rotatable bonds is 5. The number of pyridine rings is 1. The zero-order valence-electron chi connectivity index (χ0n) is 13.8. The van der Waals surface area contributed by atoms with Crippen LogP contribution >= 0.6 is 0 Å². The largest absolute Gasteiger partial charge is 0.368 e. The van der Waals surface area contributed by atoms with E-state index in [1.165, 1.54) is 6.20 Å². The quantitative estimate of drug-likeness (QED) is 0.737. The number of amides is 2. The molecule has 1 atom stereocenters. The molecule has 6 heteroatoms. The third kappa shape index (κ3) is 3.84. The van der Waals surface area contributed by atoms with E-state index < -0.39 is 17.9 Å². The summed E-state index contributed by atoms with van der Waals surface area (Å²) in [6.45, 7) is 0. The summed E-state index contributed by atoms with van der Waals surface area (Å²) in [4.78, 5) is 28.5. The number of nitrogens with two attached hydrogens (primary N) is 1. The molecule has 3 rings (SSSR count). The minimum absolute atomic E-state index is 0.244. The average Bonchev–Trinajstić information content (AvgIpc) is 2.67. The number of nitriles is 1. The zero-order valence-corrected chi connectivity index (χ0v) is 13.8. The molecule has 0 unspecified atom stereocenters. The molecular weight excluding hydrogens is 328 g/mol. The fraction of sp³-hybridized carbons (Fsp3) is 0.100. The predicted molar refractivity (Wildman–Crippen MR) is 97.1 cm³/mol. The van der Waals surface area contributed by atoms with Crippen molar-refractivity contribution < 1.29 is 9.59 Å². The van der Waals surface area contributed by atoms with Crippen LogP contribution in [0.1, 0.15) is 21.5 Å². The maximum absolute atomic E-state index is 12.5. The van der Waals surface area contributed by atoms with Crippen LogP contribution < -0.4 is 11.1 Å². The van der Waals surface area contributed by atoms with Crippen LogP contribution in [0.3, 0.4) is 0 Å². The minimum atomic E-state index is -0.859. The number of para-hydroxylation sites is 1. The number of nitrogens with zero attached hydrogens (tertiary/aromatic N) is 2. The van der Waals surface area contributed by atoms with Crippen molar-refractivity contribution in [3.63, 3.8) is 0 Å². The Morgan fingerprint density at radius 3 is 2.58 bits per heavy atom. The maximum atomic E-state index is 12.5. The molecule has 6 nitrogen and oxygen atoms in total. The molecule has 0 fully saturated rings. The Kier molecular flexibility index (Phi) is 4.90. The molecule has 0 saturated carbocycles. The van der Waals surface area contributed by atoms with Crippen LogP contribution in [-0.2, 0) is 11.2 Å². The van der Waals surface area contributed by atoms with Crippen molar-refractivity contribution in [3.8, 4) is 6.07 Å². The van der Waals surface area contributed by atoms with E-state index in [1.807, 2.05) is 30.3 Å². The van der Waals surface area contributed by atoms with Crippen LogP contribution in [0.4, 0.5) is 0 Å². The van der Waals surface area contributed by atoms with E-state index in [4.69, 9.17) is 11.0 Å². The fourth-order valence-electron chi connectivity index (χ4n) is 2.61. The van der Waals surface area contributed by atoms with Crippen LogP contribution in [0.5, 0.6) is 0 Å². The molecule has 0 aliphatic carbocycles. The number of carbonyl (C=O) groups is 2. The first-order chi connectivity index (χ1) is 12.6. The molecule has 0 aliphatic rings. The van der Waals surface area contributed by atoms with Gasteiger partial charge in [0.25, 0.3) is 5.91 Å². The lowest BCUT2D eigenvalue weighted by molar-refractivity contribution is -0.119. The van der Waals surface area contributed by atoms with Gasteiger partial charge in [0.05, 0.1) is 22.7 Å². The molecule has 26 heavy (non-hydrogen) atoms. The normalized spacial score (nSPS) is 11.5. The van der Waals surface area contributed by atoms with Gasteiger partial charge in [-0.25, -0.2) is 0 Å². The molecule has 1 heterocycles. The maximum Gasteiger partial charge on any atom is 0.253 e. The van der Waals surface area contributed by atoms with Crippen molar-refractivity contribution in [2.75, 3.05) is 0 Å². The Labute approximate surface area is 150 Å². The molecule has 0 spiro atoms. The predicted octanol–water partition coefficient (Wildman–Crippen LogP) is 1.93. The summed E-state index contributed by atoms with van der Waals surface area (Å²) < 4.78 is 0. The van der Waals surface area contributed by atoms with Crippen molar-refractivity contribution in [2.45, 2.75) is 12.5 Å². The van der Waals surface area contributed by atoms with Gasteiger partial charge in [-0.05, 0) is 29.8 Å². The van der Waals surface area contributed by atoms with E-state index in [0.29, 0.717) is 11.1 Å². The molecular formula is C20H16N4O2. The molecule has 0 radical (unpaired) electrons. The van der Waals surface area contributed by atoms with Gasteiger partial charge in [0.2, 0.25) is 5.91 Å². The van der Waals surface area contributed by atoms with Gasteiger partial charge >= 0.3 is 0 Å². The van der Waals surface area contributed by atoms with Crippen LogP contribution in [0.2, 0.25) is 0 Å². The lowest BCUT2D eigenvalue weighted by atomic mass is 10.0. The molecule has 3 aromatic rings. The Bertz CT molecular complexity index is 1010. The number of carbonyl (C=O) groups excluding carboxylic acids is 2. The van der Waals surface area contributed by atoms with Gasteiger partial charge in [-0.3, -0.25) is 14.6 Å². The second-order valence-electron chi connectivity index (χ2n) is 5.86. The van der Waals surface area contributed by atoms with Crippen molar-refractivity contribution in [2.24, 2.45) is 5.73 Å². The van der Waals surface area contributed by atoms with Crippen LogP contribution in [-0.4, -0.2) is 22.8 Å². The Balaban J connectivity index is 1.76. The molecule has 1 aromatic heterocycles. The number of nitrogens with one attached hydrogen (secondary N) is 1. The first kappa shape index (κ1) is 17.1. The van der Waals surface area contributed by atoms with Crippen molar-refractivity contribution in [1.82, 2.24) is 10.3 Å². The number of hydrogen-bond acceptors (Lipinski definition) is 4. The highest BCUT2D eigenvalue weighted by atomic mass is 16.2. The SMILES string of the molecule is N#Cc1ccc(C[C@@H](NC(=O)c2cnc3ccccc3c2)C(N)=O)cc1. The van der Waals surface area contributed by atoms with Gasteiger partial charge < -0.3 is 11.1 Å². The highest BCUT2D eigenvalue weighted by Crippen LogP contribution is 2.13. The van der Waals surface area contributed by atoms with E-state index >= 15 is 0 Å². The van der Waals surface area contributed by atoms with E-state index in [1.54, 1.807) is 30.3 Å². The average molecular weight is 344 g/mol. The molecule has 3 N–H and O–H groups in total. The van der Waals surface area contributed by atoms with E-state index in [9.17, 15) is 9.59 Å². The van der Waals surface area contributed by atoms with Crippen LogP contribution in [0.15, 0.2) is 60.8 Å².